The summed E-state index contributed by atoms with van der Waals surface area (Å²) in [5.41, 5.74) is 8.64. The van der Waals surface area contributed by atoms with Crippen molar-refractivity contribution in [2.24, 2.45) is 0 Å². The summed E-state index contributed by atoms with van der Waals surface area (Å²) in [5.74, 6) is 0. The molecule has 0 aliphatic heterocycles. The van der Waals surface area contributed by atoms with Gasteiger partial charge in [0.1, 0.15) is 0 Å². The first-order valence-corrected chi connectivity index (χ1v) is 12.8. The highest BCUT2D eigenvalue weighted by molar-refractivity contribution is 6.37. The molecular formula is C35H24N2. The molecule has 2 aromatic heterocycles. The molecule has 0 bridgehead atoms. The highest BCUT2D eigenvalue weighted by Crippen LogP contribution is 2.46. The molecule has 2 heterocycles. The van der Waals surface area contributed by atoms with Gasteiger partial charge >= 0.3 is 0 Å². The van der Waals surface area contributed by atoms with E-state index in [-0.39, 0.29) is 0 Å². The molecule has 2 nitrogen and oxygen atoms in total. The summed E-state index contributed by atoms with van der Waals surface area (Å²) in [5, 5.41) is 7.73. The van der Waals surface area contributed by atoms with Crippen molar-refractivity contribution >= 4 is 54.4 Å². The average Bonchev–Trinajstić information content (AvgIpc) is 3.47. The van der Waals surface area contributed by atoms with Gasteiger partial charge in [-0.15, -0.1) is 0 Å². The Balaban J connectivity index is 1.74. The van der Waals surface area contributed by atoms with Gasteiger partial charge in [0.2, 0.25) is 0 Å². The van der Waals surface area contributed by atoms with Gasteiger partial charge in [0.25, 0.3) is 0 Å². The van der Waals surface area contributed by atoms with E-state index in [0.717, 1.165) is 0 Å². The van der Waals surface area contributed by atoms with Crippen LogP contribution in [0, 0.1) is 6.92 Å². The molecule has 8 rings (SSSR count). The van der Waals surface area contributed by atoms with Gasteiger partial charge in [-0.1, -0.05) is 91.0 Å². The van der Waals surface area contributed by atoms with Crippen molar-refractivity contribution < 1.29 is 0 Å². The maximum Gasteiger partial charge on any atom is 0.0627 e. The van der Waals surface area contributed by atoms with Crippen molar-refractivity contribution in [3.05, 3.63) is 133 Å². The second-order valence-corrected chi connectivity index (χ2v) is 9.87. The molecule has 174 valence electrons. The Morgan fingerprint density at radius 1 is 0.405 bits per heavy atom. The highest BCUT2D eigenvalue weighted by atomic mass is 15.0. The molecule has 0 aliphatic rings. The second kappa shape index (κ2) is 7.59. The van der Waals surface area contributed by atoms with Gasteiger partial charge in [-0.05, 0) is 48.9 Å². The molecule has 0 aliphatic carbocycles. The van der Waals surface area contributed by atoms with Crippen molar-refractivity contribution in [2.45, 2.75) is 6.92 Å². The minimum Gasteiger partial charge on any atom is -0.309 e. The van der Waals surface area contributed by atoms with E-state index in [1.807, 2.05) is 0 Å². The Kier molecular flexibility index (Phi) is 4.18. The minimum absolute atomic E-state index is 1.18. The third-order valence-electron chi connectivity index (χ3n) is 7.71. The SMILES string of the molecule is Cc1cccc(-n2c3ccccc3c3c4c5ccccc5n(-c5ccccc5)c4c4ccccc4c32)c1. The smallest absolute Gasteiger partial charge is 0.0627 e. The van der Waals surface area contributed by atoms with Crippen LogP contribution in [-0.4, -0.2) is 9.13 Å². The maximum atomic E-state index is 2.47. The summed E-state index contributed by atoms with van der Waals surface area (Å²) in [6, 6.07) is 46.2. The molecule has 0 N–H and O–H groups in total. The van der Waals surface area contributed by atoms with Crippen LogP contribution in [0.15, 0.2) is 127 Å². The molecule has 0 saturated carbocycles. The molecule has 6 aromatic carbocycles. The van der Waals surface area contributed by atoms with Crippen molar-refractivity contribution in [3.8, 4) is 11.4 Å². The van der Waals surface area contributed by atoms with Gasteiger partial charge in [-0.2, -0.15) is 0 Å². The van der Waals surface area contributed by atoms with E-state index in [9.17, 15) is 0 Å². The van der Waals surface area contributed by atoms with Crippen LogP contribution < -0.4 is 0 Å². The van der Waals surface area contributed by atoms with Gasteiger partial charge < -0.3 is 9.13 Å². The van der Waals surface area contributed by atoms with E-state index < -0.39 is 0 Å². The number of hydrogen-bond donors (Lipinski definition) is 0. The first kappa shape index (κ1) is 20.4. The lowest BCUT2D eigenvalue weighted by atomic mass is 9.99. The molecule has 2 heteroatoms. The van der Waals surface area contributed by atoms with Crippen LogP contribution in [-0.2, 0) is 0 Å². The summed E-state index contributed by atoms with van der Waals surface area (Å²) >= 11 is 0. The van der Waals surface area contributed by atoms with Crippen LogP contribution in [0.4, 0.5) is 0 Å². The zero-order valence-corrected chi connectivity index (χ0v) is 20.5. The Bertz CT molecular complexity index is 2140. The summed E-state index contributed by atoms with van der Waals surface area (Å²) in [7, 11) is 0. The summed E-state index contributed by atoms with van der Waals surface area (Å²) < 4.78 is 4.92. The average molecular weight is 473 g/mol. The number of nitrogens with zero attached hydrogens (tertiary/aromatic N) is 2. The molecule has 0 fully saturated rings. The summed E-state index contributed by atoms with van der Waals surface area (Å²) in [6.45, 7) is 2.17. The Hall–Kier alpha value is -4.82. The monoisotopic (exact) mass is 472 g/mol. The van der Waals surface area contributed by atoms with E-state index >= 15 is 0 Å². The van der Waals surface area contributed by atoms with E-state index in [0.29, 0.717) is 0 Å². The molecule has 0 atom stereocenters. The fraction of sp³-hybridized carbons (Fsp3) is 0.0286. The molecule has 8 aromatic rings. The van der Waals surface area contributed by atoms with Gasteiger partial charge in [0.05, 0.1) is 22.1 Å². The topological polar surface area (TPSA) is 9.86 Å². The van der Waals surface area contributed by atoms with Crippen LogP contribution >= 0.6 is 0 Å². The number of benzene rings is 6. The largest absolute Gasteiger partial charge is 0.309 e. The molecule has 0 unspecified atom stereocenters. The van der Waals surface area contributed by atoms with Crippen LogP contribution in [0.1, 0.15) is 5.56 Å². The predicted molar refractivity (Wildman–Crippen MR) is 157 cm³/mol. The molecule has 0 saturated heterocycles. The number of para-hydroxylation sites is 3. The first-order valence-electron chi connectivity index (χ1n) is 12.8. The third kappa shape index (κ3) is 2.75. The van der Waals surface area contributed by atoms with Gasteiger partial charge in [-0.3, -0.25) is 0 Å². The predicted octanol–water partition coefficient (Wildman–Crippen LogP) is 9.34. The lowest BCUT2D eigenvalue weighted by molar-refractivity contribution is 1.17. The third-order valence-corrected chi connectivity index (χ3v) is 7.71. The summed E-state index contributed by atoms with van der Waals surface area (Å²) in [4.78, 5) is 0. The maximum absolute atomic E-state index is 2.47. The minimum atomic E-state index is 1.18. The highest BCUT2D eigenvalue weighted by Gasteiger charge is 2.23. The van der Waals surface area contributed by atoms with E-state index in [4.69, 9.17) is 0 Å². The lowest BCUT2D eigenvalue weighted by Gasteiger charge is -2.13. The quantitative estimate of drug-likeness (QED) is 0.237. The number of fused-ring (bicyclic) bond motifs is 10. The Labute approximate surface area is 214 Å². The fourth-order valence-electron chi connectivity index (χ4n) is 6.27. The standard InChI is InChI=1S/C35H24N2/c1-23-12-11-15-25(22-23)37-31-21-10-8-19-29(31)33-32-28-18-7-9-20-30(28)36(24-13-3-2-4-14-24)34(32)26-16-5-6-17-27(26)35(33)37/h2-22H,1H3. The fourth-order valence-corrected chi connectivity index (χ4v) is 6.27. The Morgan fingerprint density at radius 3 is 1.43 bits per heavy atom. The lowest BCUT2D eigenvalue weighted by Crippen LogP contribution is -1.96. The molecule has 37 heavy (non-hydrogen) atoms. The normalized spacial score (nSPS) is 11.9. The van der Waals surface area contributed by atoms with E-state index in [1.54, 1.807) is 0 Å². The van der Waals surface area contributed by atoms with E-state index in [1.165, 1.54) is 71.3 Å². The van der Waals surface area contributed by atoms with Crippen LogP contribution in [0.3, 0.4) is 0 Å². The van der Waals surface area contributed by atoms with Crippen LogP contribution in [0.5, 0.6) is 0 Å². The molecular weight excluding hydrogens is 448 g/mol. The van der Waals surface area contributed by atoms with Crippen molar-refractivity contribution in [3.63, 3.8) is 0 Å². The van der Waals surface area contributed by atoms with Crippen LogP contribution in [0.25, 0.3) is 65.8 Å². The number of rotatable bonds is 2. The number of hydrogen-bond acceptors (Lipinski definition) is 0. The van der Waals surface area contributed by atoms with Crippen molar-refractivity contribution in [1.82, 2.24) is 9.13 Å². The molecule has 0 spiro atoms. The second-order valence-electron chi connectivity index (χ2n) is 9.87. The Morgan fingerprint density at radius 2 is 0.865 bits per heavy atom. The molecule has 0 amide bonds. The molecule has 0 radical (unpaired) electrons. The van der Waals surface area contributed by atoms with E-state index in [2.05, 4.69) is 143 Å². The number of aromatic nitrogens is 2. The van der Waals surface area contributed by atoms with Crippen molar-refractivity contribution in [2.75, 3.05) is 0 Å². The van der Waals surface area contributed by atoms with Crippen LogP contribution in [0.2, 0.25) is 0 Å². The van der Waals surface area contributed by atoms with Gasteiger partial charge in [0, 0.05) is 43.7 Å². The van der Waals surface area contributed by atoms with Gasteiger partial charge in [-0.25, -0.2) is 0 Å². The first-order chi connectivity index (χ1) is 18.3. The van der Waals surface area contributed by atoms with Gasteiger partial charge in [0.15, 0.2) is 0 Å². The summed E-state index contributed by atoms with van der Waals surface area (Å²) in [6.07, 6.45) is 0. The zero-order valence-electron chi connectivity index (χ0n) is 20.5. The van der Waals surface area contributed by atoms with Crippen molar-refractivity contribution in [1.29, 1.82) is 0 Å². The number of aryl methyl sites for hydroxylation is 1. The zero-order chi connectivity index (χ0) is 24.5.